The maximum absolute atomic E-state index is 13.2. The number of terminal acetylenes is 1. The molecule has 0 fully saturated rings. The van der Waals surface area contributed by atoms with Crippen LogP contribution in [-0.4, -0.2) is 19.9 Å². The number of anilines is 1. The molecule has 19 heavy (non-hydrogen) atoms. The SMILES string of the molecule is C#CCN(c1nccs1)S(=O)(=O)c1cccc(F)c1. The Morgan fingerprint density at radius 1 is 1.47 bits per heavy atom. The Kier molecular flexibility index (Phi) is 3.83. The lowest BCUT2D eigenvalue weighted by Gasteiger charge is -2.19. The molecule has 0 saturated heterocycles. The van der Waals surface area contributed by atoms with Crippen molar-refractivity contribution in [1.82, 2.24) is 4.98 Å². The summed E-state index contributed by atoms with van der Waals surface area (Å²) < 4.78 is 38.9. The van der Waals surface area contributed by atoms with E-state index in [0.29, 0.717) is 0 Å². The molecular weight excluding hydrogens is 287 g/mol. The lowest BCUT2D eigenvalue weighted by Crippen LogP contribution is -2.31. The predicted octanol–water partition coefficient (Wildman–Crippen LogP) is 2.11. The number of nitrogens with zero attached hydrogens (tertiary/aromatic N) is 2. The molecule has 1 heterocycles. The van der Waals surface area contributed by atoms with E-state index in [-0.39, 0.29) is 16.6 Å². The van der Waals surface area contributed by atoms with E-state index in [1.165, 1.54) is 24.4 Å². The molecule has 0 amide bonds. The zero-order valence-corrected chi connectivity index (χ0v) is 11.3. The van der Waals surface area contributed by atoms with Crippen LogP contribution in [0.5, 0.6) is 0 Å². The molecule has 0 aliphatic heterocycles. The van der Waals surface area contributed by atoms with Crippen molar-refractivity contribution in [3.05, 3.63) is 41.7 Å². The Morgan fingerprint density at radius 2 is 2.26 bits per heavy atom. The molecule has 0 atom stereocenters. The Bertz CT molecular complexity index is 706. The molecule has 2 aromatic rings. The van der Waals surface area contributed by atoms with Crippen molar-refractivity contribution in [3.8, 4) is 12.3 Å². The van der Waals surface area contributed by atoms with E-state index in [0.717, 1.165) is 21.7 Å². The second-order valence-corrected chi connectivity index (χ2v) is 6.22. The van der Waals surface area contributed by atoms with Crippen LogP contribution < -0.4 is 4.31 Å². The van der Waals surface area contributed by atoms with Crippen LogP contribution >= 0.6 is 11.3 Å². The minimum atomic E-state index is -3.91. The molecule has 0 spiro atoms. The number of halogens is 1. The minimum absolute atomic E-state index is 0.155. The van der Waals surface area contributed by atoms with Crippen LogP contribution in [0.15, 0.2) is 40.7 Å². The molecule has 4 nitrogen and oxygen atoms in total. The summed E-state index contributed by atoms with van der Waals surface area (Å²) in [7, 11) is -3.91. The molecule has 0 unspecified atom stereocenters. The minimum Gasteiger partial charge on any atom is -0.229 e. The molecule has 0 aliphatic rings. The highest BCUT2D eigenvalue weighted by Crippen LogP contribution is 2.25. The van der Waals surface area contributed by atoms with Crippen molar-refractivity contribution in [2.45, 2.75) is 4.90 Å². The van der Waals surface area contributed by atoms with Crippen LogP contribution in [0, 0.1) is 18.2 Å². The second kappa shape index (κ2) is 5.38. The molecule has 0 bridgehead atoms. The van der Waals surface area contributed by atoms with Crippen molar-refractivity contribution >= 4 is 26.5 Å². The predicted molar refractivity (Wildman–Crippen MR) is 71.9 cm³/mol. The monoisotopic (exact) mass is 296 g/mol. The molecule has 7 heteroatoms. The van der Waals surface area contributed by atoms with Gasteiger partial charge in [-0.1, -0.05) is 12.0 Å². The van der Waals surface area contributed by atoms with Gasteiger partial charge in [-0.05, 0) is 18.2 Å². The van der Waals surface area contributed by atoms with Gasteiger partial charge in [0.15, 0.2) is 5.13 Å². The van der Waals surface area contributed by atoms with Gasteiger partial charge in [0, 0.05) is 11.6 Å². The number of aromatic nitrogens is 1. The van der Waals surface area contributed by atoms with Gasteiger partial charge in [0.2, 0.25) is 0 Å². The molecule has 1 aromatic heterocycles. The van der Waals surface area contributed by atoms with Gasteiger partial charge in [-0.3, -0.25) is 0 Å². The third-order valence-electron chi connectivity index (χ3n) is 2.25. The highest BCUT2D eigenvalue weighted by Gasteiger charge is 2.26. The largest absolute Gasteiger partial charge is 0.267 e. The van der Waals surface area contributed by atoms with Gasteiger partial charge in [0.25, 0.3) is 10.0 Å². The fourth-order valence-corrected chi connectivity index (χ4v) is 3.67. The molecule has 0 aliphatic carbocycles. The van der Waals surface area contributed by atoms with E-state index in [9.17, 15) is 12.8 Å². The van der Waals surface area contributed by atoms with Crippen molar-refractivity contribution in [2.75, 3.05) is 10.8 Å². The first-order valence-corrected chi connectivity index (χ1v) is 7.49. The summed E-state index contributed by atoms with van der Waals surface area (Å²) in [6.07, 6.45) is 6.66. The highest BCUT2D eigenvalue weighted by atomic mass is 32.2. The first kappa shape index (κ1) is 13.5. The van der Waals surface area contributed by atoms with E-state index >= 15 is 0 Å². The summed E-state index contributed by atoms with van der Waals surface area (Å²) in [6.45, 7) is -0.160. The maximum atomic E-state index is 13.2. The molecule has 1 aromatic carbocycles. The summed E-state index contributed by atoms with van der Waals surface area (Å²) in [5.41, 5.74) is 0. The molecule has 2 rings (SSSR count). The number of benzene rings is 1. The van der Waals surface area contributed by atoms with Gasteiger partial charge in [-0.25, -0.2) is 22.1 Å². The lowest BCUT2D eigenvalue weighted by atomic mass is 10.4. The lowest BCUT2D eigenvalue weighted by molar-refractivity contribution is 0.588. The number of rotatable bonds is 4. The number of hydrogen-bond donors (Lipinski definition) is 0. The fraction of sp³-hybridized carbons (Fsp3) is 0.0833. The average molecular weight is 296 g/mol. The molecule has 98 valence electrons. The zero-order valence-electron chi connectivity index (χ0n) is 9.65. The Labute approximate surface area is 114 Å². The Hall–Kier alpha value is -1.91. The van der Waals surface area contributed by atoms with Gasteiger partial charge < -0.3 is 0 Å². The summed E-state index contributed by atoms with van der Waals surface area (Å²) in [6, 6.07) is 4.77. The second-order valence-electron chi connectivity index (χ2n) is 3.49. The maximum Gasteiger partial charge on any atom is 0.267 e. The quantitative estimate of drug-likeness (QED) is 0.812. The third kappa shape index (κ3) is 2.75. The highest BCUT2D eigenvalue weighted by molar-refractivity contribution is 7.93. The van der Waals surface area contributed by atoms with Crippen molar-refractivity contribution < 1.29 is 12.8 Å². The first-order chi connectivity index (χ1) is 9.05. The number of sulfonamides is 1. The van der Waals surface area contributed by atoms with E-state index in [1.807, 2.05) is 0 Å². The van der Waals surface area contributed by atoms with Gasteiger partial charge in [0.1, 0.15) is 5.82 Å². The molecular formula is C12H9FN2O2S2. The van der Waals surface area contributed by atoms with E-state index in [4.69, 9.17) is 6.42 Å². The van der Waals surface area contributed by atoms with Crippen molar-refractivity contribution in [2.24, 2.45) is 0 Å². The Balaban J connectivity index is 2.50. The summed E-state index contributed by atoms with van der Waals surface area (Å²) in [5, 5.41) is 1.89. The summed E-state index contributed by atoms with van der Waals surface area (Å²) >= 11 is 1.14. The van der Waals surface area contributed by atoms with Crippen LogP contribution in [0.25, 0.3) is 0 Å². The smallest absolute Gasteiger partial charge is 0.229 e. The van der Waals surface area contributed by atoms with Crippen molar-refractivity contribution in [3.63, 3.8) is 0 Å². The van der Waals surface area contributed by atoms with E-state index < -0.39 is 15.8 Å². The standard InChI is InChI=1S/C12H9FN2O2S2/c1-2-7-15(12-14-6-8-18-12)19(16,17)11-5-3-4-10(13)9-11/h1,3-6,8-9H,7H2. The van der Waals surface area contributed by atoms with Gasteiger partial charge in [-0.2, -0.15) is 0 Å². The number of hydrogen-bond acceptors (Lipinski definition) is 4. The van der Waals surface area contributed by atoms with Gasteiger partial charge in [0.05, 0.1) is 11.4 Å². The first-order valence-electron chi connectivity index (χ1n) is 5.17. The fourth-order valence-electron chi connectivity index (χ4n) is 1.43. The normalized spacial score (nSPS) is 10.9. The van der Waals surface area contributed by atoms with Crippen LogP contribution in [-0.2, 0) is 10.0 Å². The molecule has 0 saturated carbocycles. The summed E-state index contributed by atoms with van der Waals surface area (Å²) in [4.78, 5) is 3.77. The van der Waals surface area contributed by atoms with Crippen LogP contribution in [0.2, 0.25) is 0 Å². The van der Waals surface area contributed by atoms with Gasteiger partial charge in [-0.15, -0.1) is 17.8 Å². The average Bonchev–Trinajstić information content (AvgIpc) is 2.89. The summed E-state index contributed by atoms with van der Waals surface area (Å²) in [5.74, 6) is 1.64. The van der Waals surface area contributed by atoms with Gasteiger partial charge >= 0.3 is 0 Å². The van der Waals surface area contributed by atoms with Crippen molar-refractivity contribution in [1.29, 1.82) is 0 Å². The van der Waals surface area contributed by atoms with E-state index in [2.05, 4.69) is 10.9 Å². The van der Waals surface area contributed by atoms with E-state index in [1.54, 1.807) is 5.38 Å². The van der Waals surface area contributed by atoms with Crippen LogP contribution in [0.3, 0.4) is 0 Å². The number of thiazole rings is 1. The van der Waals surface area contributed by atoms with Crippen LogP contribution in [0.1, 0.15) is 0 Å². The third-order valence-corrected chi connectivity index (χ3v) is 4.89. The molecule has 0 radical (unpaired) electrons. The van der Waals surface area contributed by atoms with Crippen LogP contribution in [0.4, 0.5) is 9.52 Å². The topological polar surface area (TPSA) is 50.3 Å². The molecule has 0 N–H and O–H groups in total. The Morgan fingerprint density at radius 3 is 2.84 bits per heavy atom. The zero-order chi connectivity index (χ0) is 13.9.